The lowest BCUT2D eigenvalue weighted by atomic mass is 10.2. The topological polar surface area (TPSA) is 76.7 Å². The molecule has 24 heavy (non-hydrogen) atoms. The molecule has 1 aliphatic rings. The Morgan fingerprint density at radius 1 is 1.25 bits per heavy atom. The van der Waals surface area contributed by atoms with Crippen LogP contribution in [0.25, 0.3) is 0 Å². The van der Waals surface area contributed by atoms with Gasteiger partial charge in [-0.1, -0.05) is 17.7 Å². The Balaban J connectivity index is 1.64. The molecule has 0 fully saturated rings. The van der Waals surface area contributed by atoms with E-state index >= 15 is 0 Å². The molecule has 1 unspecified atom stereocenters. The largest absolute Gasteiger partial charge is 0.482 e. The lowest BCUT2D eigenvalue weighted by molar-refractivity contribution is -0.122. The molecule has 0 radical (unpaired) electrons. The average molecular weight is 326 g/mol. The fourth-order valence-corrected chi connectivity index (χ4v) is 2.28. The van der Waals surface area contributed by atoms with E-state index in [0.717, 1.165) is 5.56 Å². The number of hydrogen-bond acceptors (Lipinski definition) is 4. The van der Waals surface area contributed by atoms with Crippen LogP contribution in [-0.2, 0) is 9.59 Å². The van der Waals surface area contributed by atoms with Crippen molar-refractivity contribution in [2.45, 2.75) is 20.0 Å². The third kappa shape index (κ3) is 3.65. The number of aryl methyl sites for hydroxylation is 1. The zero-order valence-electron chi connectivity index (χ0n) is 13.5. The highest BCUT2D eigenvalue weighted by Crippen LogP contribution is 2.30. The van der Waals surface area contributed by atoms with Gasteiger partial charge in [-0.3, -0.25) is 9.59 Å². The number of carbonyl (C=O) groups is 2. The van der Waals surface area contributed by atoms with Gasteiger partial charge in [-0.25, -0.2) is 0 Å². The summed E-state index contributed by atoms with van der Waals surface area (Å²) in [6, 6.07) is 12.6. The van der Waals surface area contributed by atoms with Crippen LogP contribution in [0.3, 0.4) is 0 Å². The Kier molecular flexibility index (Phi) is 4.37. The zero-order chi connectivity index (χ0) is 17.1. The summed E-state index contributed by atoms with van der Waals surface area (Å²) in [6.07, 6.45) is -0.658. The number of anilines is 2. The van der Waals surface area contributed by atoms with Crippen molar-refractivity contribution in [3.63, 3.8) is 0 Å². The van der Waals surface area contributed by atoms with Gasteiger partial charge < -0.3 is 20.1 Å². The molecule has 0 aliphatic carbocycles. The summed E-state index contributed by atoms with van der Waals surface area (Å²) in [5, 5.41) is 5.47. The Labute approximate surface area is 139 Å². The monoisotopic (exact) mass is 326 g/mol. The van der Waals surface area contributed by atoms with Gasteiger partial charge >= 0.3 is 0 Å². The van der Waals surface area contributed by atoms with E-state index in [1.807, 2.05) is 31.2 Å². The fraction of sp³-hybridized carbons (Fsp3) is 0.222. The van der Waals surface area contributed by atoms with Crippen molar-refractivity contribution < 1.29 is 19.1 Å². The van der Waals surface area contributed by atoms with Crippen molar-refractivity contribution >= 4 is 23.2 Å². The summed E-state index contributed by atoms with van der Waals surface area (Å²) in [5.41, 5.74) is 2.22. The van der Waals surface area contributed by atoms with Crippen LogP contribution in [0.1, 0.15) is 12.5 Å². The average Bonchev–Trinajstić information content (AvgIpc) is 2.56. The molecule has 6 nitrogen and oxygen atoms in total. The molecular weight excluding hydrogens is 308 g/mol. The molecule has 0 spiro atoms. The second-order valence-electron chi connectivity index (χ2n) is 5.61. The van der Waals surface area contributed by atoms with E-state index in [1.54, 1.807) is 25.1 Å². The number of benzene rings is 2. The van der Waals surface area contributed by atoms with E-state index in [0.29, 0.717) is 22.9 Å². The lowest BCUT2D eigenvalue weighted by Crippen LogP contribution is -2.30. The van der Waals surface area contributed by atoms with Crippen molar-refractivity contribution in [3.05, 3.63) is 48.0 Å². The minimum absolute atomic E-state index is 0.000129. The minimum Gasteiger partial charge on any atom is -0.482 e. The summed E-state index contributed by atoms with van der Waals surface area (Å²) in [5.74, 6) is 0.714. The maximum Gasteiger partial charge on any atom is 0.265 e. The molecule has 1 aliphatic heterocycles. The summed E-state index contributed by atoms with van der Waals surface area (Å²) in [6.45, 7) is 3.66. The molecule has 1 heterocycles. The molecule has 0 saturated carbocycles. The first kappa shape index (κ1) is 15.9. The van der Waals surface area contributed by atoms with Crippen LogP contribution in [-0.4, -0.2) is 24.5 Å². The summed E-state index contributed by atoms with van der Waals surface area (Å²) >= 11 is 0. The maximum absolute atomic E-state index is 12.3. The SMILES string of the molecule is Cc1ccc(OC(C)C(=O)Nc2ccc3c(c2)NC(=O)CO3)cc1. The van der Waals surface area contributed by atoms with Crippen LogP contribution in [0, 0.1) is 6.92 Å². The Hall–Kier alpha value is -3.02. The highest BCUT2D eigenvalue weighted by atomic mass is 16.5. The van der Waals surface area contributed by atoms with Gasteiger partial charge in [0.25, 0.3) is 11.8 Å². The van der Waals surface area contributed by atoms with Gasteiger partial charge in [0, 0.05) is 5.69 Å². The van der Waals surface area contributed by atoms with Crippen molar-refractivity contribution in [1.29, 1.82) is 0 Å². The maximum atomic E-state index is 12.3. The standard InChI is InChI=1S/C18H18N2O4/c1-11-3-6-14(7-4-11)24-12(2)18(22)19-13-5-8-16-15(9-13)20-17(21)10-23-16/h3-9,12H,10H2,1-2H3,(H,19,22)(H,20,21). The number of hydrogen-bond donors (Lipinski definition) is 2. The molecule has 0 bridgehead atoms. The zero-order valence-corrected chi connectivity index (χ0v) is 13.5. The van der Waals surface area contributed by atoms with Gasteiger partial charge in [0.15, 0.2) is 12.7 Å². The summed E-state index contributed by atoms with van der Waals surface area (Å²) in [4.78, 5) is 23.6. The van der Waals surface area contributed by atoms with E-state index in [1.165, 1.54) is 0 Å². The predicted octanol–water partition coefficient (Wildman–Crippen LogP) is 2.73. The first-order chi connectivity index (χ1) is 11.5. The van der Waals surface area contributed by atoms with Gasteiger partial charge in [-0.15, -0.1) is 0 Å². The number of amides is 2. The molecule has 6 heteroatoms. The van der Waals surface area contributed by atoms with Crippen LogP contribution in [0.15, 0.2) is 42.5 Å². The van der Waals surface area contributed by atoms with E-state index in [4.69, 9.17) is 9.47 Å². The van der Waals surface area contributed by atoms with Gasteiger partial charge in [-0.2, -0.15) is 0 Å². The second-order valence-corrected chi connectivity index (χ2v) is 5.61. The van der Waals surface area contributed by atoms with Gasteiger partial charge in [0.2, 0.25) is 0 Å². The molecule has 2 amide bonds. The molecule has 2 aromatic carbocycles. The normalized spacial score (nSPS) is 14.0. The number of nitrogens with one attached hydrogen (secondary N) is 2. The number of rotatable bonds is 4. The lowest BCUT2D eigenvalue weighted by Gasteiger charge is -2.19. The molecule has 1 atom stereocenters. The van der Waals surface area contributed by atoms with Crippen molar-refractivity contribution in [1.82, 2.24) is 0 Å². The smallest absolute Gasteiger partial charge is 0.265 e. The molecular formula is C18H18N2O4. The molecule has 3 rings (SSSR count). The first-order valence-electron chi connectivity index (χ1n) is 7.62. The Morgan fingerprint density at radius 3 is 2.75 bits per heavy atom. The second kappa shape index (κ2) is 6.62. The quantitative estimate of drug-likeness (QED) is 0.906. The Bertz CT molecular complexity index is 771. The van der Waals surface area contributed by atoms with Gasteiger partial charge in [-0.05, 0) is 44.2 Å². The highest BCUT2D eigenvalue weighted by Gasteiger charge is 2.18. The molecule has 2 aromatic rings. The van der Waals surface area contributed by atoms with Crippen LogP contribution in [0.2, 0.25) is 0 Å². The van der Waals surface area contributed by atoms with Crippen LogP contribution < -0.4 is 20.1 Å². The summed E-state index contributed by atoms with van der Waals surface area (Å²) < 4.78 is 10.9. The van der Waals surface area contributed by atoms with E-state index in [-0.39, 0.29) is 18.4 Å². The summed E-state index contributed by atoms with van der Waals surface area (Å²) in [7, 11) is 0. The highest BCUT2D eigenvalue weighted by molar-refractivity contribution is 5.98. The molecule has 0 saturated heterocycles. The third-order valence-corrected chi connectivity index (χ3v) is 3.58. The molecule has 2 N–H and O–H groups in total. The third-order valence-electron chi connectivity index (χ3n) is 3.58. The van der Waals surface area contributed by atoms with Gasteiger partial charge in [0.05, 0.1) is 5.69 Å². The van der Waals surface area contributed by atoms with Crippen molar-refractivity contribution in [2.75, 3.05) is 17.2 Å². The van der Waals surface area contributed by atoms with Gasteiger partial charge in [0.1, 0.15) is 11.5 Å². The number of carbonyl (C=O) groups excluding carboxylic acids is 2. The van der Waals surface area contributed by atoms with Crippen LogP contribution in [0.5, 0.6) is 11.5 Å². The number of fused-ring (bicyclic) bond motifs is 1. The van der Waals surface area contributed by atoms with Crippen LogP contribution >= 0.6 is 0 Å². The van der Waals surface area contributed by atoms with E-state index in [2.05, 4.69) is 10.6 Å². The Morgan fingerprint density at radius 2 is 2.00 bits per heavy atom. The molecule has 124 valence electrons. The fourth-order valence-electron chi connectivity index (χ4n) is 2.28. The van der Waals surface area contributed by atoms with Crippen LogP contribution in [0.4, 0.5) is 11.4 Å². The van der Waals surface area contributed by atoms with E-state index < -0.39 is 6.10 Å². The molecule has 0 aromatic heterocycles. The first-order valence-corrected chi connectivity index (χ1v) is 7.62. The van der Waals surface area contributed by atoms with E-state index in [9.17, 15) is 9.59 Å². The predicted molar refractivity (Wildman–Crippen MR) is 90.5 cm³/mol. The minimum atomic E-state index is -0.658. The van der Waals surface area contributed by atoms with Crippen molar-refractivity contribution in [3.8, 4) is 11.5 Å². The van der Waals surface area contributed by atoms with Crippen molar-refractivity contribution in [2.24, 2.45) is 0 Å². The number of ether oxygens (including phenoxy) is 2.